The number of hydrogen-bond donors (Lipinski definition) is 1. The lowest BCUT2D eigenvalue weighted by atomic mass is 9.92. The van der Waals surface area contributed by atoms with Crippen LogP contribution in [0, 0.1) is 0 Å². The number of H-pyrrole nitrogens is 1. The van der Waals surface area contributed by atoms with Crippen molar-refractivity contribution < 1.29 is 13.2 Å². The van der Waals surface area contributed by atoms with Crippen LogP contribution >= 0.6 is 11.6 Å². The highest BCUT2D eigenvalue weighted by molar-refractivity contribution is 7.89. The first-order valence-electron chi connectivity index (χ1n) is 8.31. The molecule has 7 nitrogen and oxygen atoms in total. The quantitative estimate of drug-likeness (QED) is 0.859. The van der Waals surface area contributed by atoms with Crippen LogP contribution in [0.25, 0.3) is 0 Å². The molecule has 0 atom stereocenters. The number of carbonyl (C=O) groups is 1. The van der Waals surface area contributed by atoms with Gasteiger partial charge in [-0.1, -0.05) is 17.7 Å². The van der Waals surface area contributed by atoms with E-state index in [9.17, 15) is 13.2 Å². The number of piperidine rings is 1. The number of rotatable bonds is 4. The van der Waals surface area contributed by atoms with Gasteiger partial charge in [-0.15, -0.1) is 0 Å². The molecular weight excluding hydrogens is 376 g/mol. The Morgan fingerprint density at radius 2 is 2.00 bits per heavy atom. The SMILES string of the molecule is CN(C)C(=O)c1cn[nH]c1C1CCN(S(=O)(=O)c2cccc(Cl)c2)CC1. The number of amides is 1. The predicted molar refractivity (Wildman–Crippen MR) is 98.8 cm³/mol. The van der Waals surface area contributed by atoms with E-state index in [0.29, 0.717) is 36.5 Å². The smallest absolute Gasteiger partial charge is 0.256 e. The predicted octanol–water partition coefficient (Wildman–Crippen LogP) is 2.33. The van der Waals surface area contributed by atoms with Gasteiger partial charge in [-0.2, -0.15) is 9.40 Å². The minimum Gasteiger partial charge on any atom is -0.345 e. The molecule has 1 aromatic carbocycles. The monoisotopic (exact) mass is 396 g/mol. The van der Waals surface area contributed by atoms with Crippen LogP contribution < -0.4 is 0 Å². The van der Waals surface area contributed by atoms with Gasteiger partial charge in [-0.25, -0.2) is 8.42 Å². The molecule has 2 aromatic rings. The summed E-state index contributed by atoms with van der Waals surface area (Å²) in [7, 11) is -0.181. The molecular formula is C17H21ClN4O3S. The van der Waals surface area contributed by atoms with Gasteiger partial charge in [0.25, 0.3) is 5.91 Å². The molecule has 1 fully saturated rings. The molecule has 0 bridgehead atoms. The largest absolute Gasteiger partial charge is 0.345 e. The van der Waals surface area contributed by atoms with E-state index in [1.807, 2.05) is 0 Å². The average molecular weight is 397 g/mol. The Balaban J connectivity index is 1.74. The second kappa shape index (κ2) is 7.38. The normalized spacial score (nSPS) is 16.6. The van der Waals surface area contributed by atoms with Crippen molar-refractivity contribution >= 4 is 27.5 Å². The van der Waals surface area contributed by atoms with Crippen molar-refractivity contribution in [3.8, 4) is 0 Å². The Hall–Kier alpha value is -1.90. The van der Waals surface area contributed by atoms with E-state index in [1.54, 1.807) is 32.3 Å². The summed E-state index contributed by atoms with van der Waals surface area (Å²) in [4.78, 5) is 14.0. The van der Waals surface area contributed by atoms with Crippen molar-refractivity contribution in [1.82, 2.24) is 19.4 Å². The summed E-state index contributed by atoms with van der Waals surface area (Å²) in [5.74, 6) is -0.0371. The highest BCUT2D eigenvalue weighted by Gasteiger charge is 2.32. The molecule has 1 aromatic heterocycles. The molecule has 9 heteroatoms. The van der Waals surface area contributed by atoms with Crippen molar-refractivity contribution in [1.29, 1.82) is 0 Å². The first-order valence-corrected chi connectivity index (χ1v) is 10.1. The lowest BCUT2D eigenvalue weighted by molar-refractivity contribution is 0.0825. The van der Waals surface area contributed by atoms with E-state index in [0.717, 1.165) is 5.69 Å². The first-order chi connectivity index (χ1) is 12.3. The third kappa shape index (κ3) is 3.62. The minimum absolute atomic E-state index is 0.0715. The van der Waals surface area contributed by atoms with E-state index >= 15 is 0 Å². The zero-order chi connectivity index (χ0) is 18.9. The van der Waals surface area contributed by atoms with Gasteiger partial charge in [-0.3, -0.25) is 9.89 Å². The molecule has 1 aliphatic rings. The summed E-state index contributed by atoms with van der Waals surface area (Å²) in [6, 6.07) is 6.29. The maximum absolute atomic E-state index is 12.8. The van der Waals surface area contributed by atoms with Gasteiger partial charge in [-0.05, 0) is 31.0 Å². The number of aromatic amines is 1. The Labute approximate surface area is 158 Å². The van der Waals surface area contributed by atoms with Crippen LogP contribution in [0.15, 0.2) is 35.4 Å². The standard InChI is InChI=1S/C17H21ClN4O3S/c1-21(2)17(23)15-11-19-20-16(15)12-6-8-22(9-7-12)26(24,25)14-5-3-4-13(18)10-14/h3-5,10-12H,6-9H2,1-2H3,(H,19,20). The fraction of sp³-hybridized carbons (Fsp3) is 0.412. The fourth-order valence-corrected chi connectivity index (χ4v) is 4.95. The van der Waals surface area contributed by atoms with Crippen LogP contribution in [0.1, 0.15) is 34.8 Å². The maximum Gasteiger partial charge on any atom is 0.256 e. The third-order valence-corrected chi connectivity index (χ3v) is 6.73. The summed E-state index contributed by atoms with van der Waals surface area (Å²) in [5.41, 5.74) is 1.33. The number of hydrogen-bond acceptors (Lipinski definition) is 4. The number of nitrogens with one attached hydrogen (secondary N) is 1. The van der Waals surface area contributed by atoms with E-state index in [4.69, 9.17) is 11.6 Å². The van der Waals surface area contributed by atoms with Crippen LogP contribution in [0.2, 0.25) is 5.02 Å². The summed E-state index contributed by atoms with van der Waals surface area (Å²) >= 11 is 5.92. The second-order valence-corrected chi connectivity index (χ2v) is 8.91. The number of sulfonamides is 1. The molecule has 1 aliphatic heterocycles. The second-order valence-electron chi connectivity index (χ2n) is 6.53. The molecule has 3 rings (SSSR count). The van der Waals surface area contributed by atoms with E-state index in [-0.39, 0.29) is 16.7 Å². The van der Waals surface area contributed by atoms with Gasteiger partial charge >= 0.3 is 0 Å². The lowest BCUT2D eigenvalue weighted by Crippen LogP contribution is -2.38. The van der Waals surface area contributed by atoms with Crippen molar-refractivity contribution in [2.45, 2.75) is 23.7 Å². The summed E-state index contributed by atoms with van der Waals surface area (Å²) in [6.07, 6.45) is 2.78. The molecule has 0 saturated carbocycles. The van der Waals surface area contributed by atoms with Crippen LogP contribution in [-0.4, -0.2) is 60.9 Å². The Morgan fingerprint density at radius 3 is 2.62 bits per heavy atom. The number of nitrogens with zero attached hydrogens (tertiary/aromatic N) is 3. The van der Waals surface area contributed by atoms with Gasteiger partial charge in [0, 0.05) is 38.1 Å². The molecule has 2 heterocycles. The highest BCUT2D eigenvalue weighted by Crippen LogP contribution is 2.32. The van der Waals surface area contributed by atoms with Gasteiger partial charge in [0.15, 0.2) is 0 Å². The Bertz CT molecular complexity index is 902. The van der Waals surface area contributed by atoms with Crippen LogP contribution in [0.5, 0.6) is 0 Å². The average Bonchev–Trinajstić information content (AvgIpc) is 3.10. The van der Waals surface area contributed by atoms with Crippen LogP contribution in [0.3, 0.4) is 0 Å². The highest BCUT2D eigenvalue weighted by atomic mass is 35.5. The molecule has 0 spiro atoms. The van der Waals surface area contributed by atoms with Crippen molar-refractivity contribution in [2.75, 3.05) is 27.2 Å². The molecule has 0 aliphatic carbocycles. The van der Waals surface area contributed by atoms with Crippen molar-refractivity contribution in [3.05, 3.63) is 46.7 Å². The zero-order valence-electron chi connectivity index (χ0n) is 14.6. The fourth-order valence-electron chi connectivity index (χ4n) is 3.18. The van der Waals surface area contributed by atoms with Gasteiger partial charge in [0.1, 0.15) is 0 Å². The summed E-state index contributed by atoms with van der Waals surface area (Å²) < 4.78 is 27.0. The summed E-state index contributed by atoms with van der Waals surface area (Å²) in [6.45, 7) is 0.766. The van der Waals surface area contributed by atoms with Crippen molar-refractivity contribution in [3.63, 3.8) is 0 Å². The third-order valence-electron chi connectivity index (χ3n) is 4.60. The van der Waals surface area contributed by atoms with Gasteiger partial charge in [0.2, 0.25) is 10.0 Å². The van der Waals surface area contributed by atoms with Crippen LogP contribution in [0.4, 0.5) is 0 Å². The van der Waals surface area contributed by atoms with Gasteiger partial charge in [0.05, 0.1) is 22.3 Å². The molecule has 26 heavy (non-hydrogen) atoms. The molecule has 1 amide bonds. The number of halogens is 1. The van der Waals surface area contributed by atoms with E-state index in [2.05, 4.69) is 10.2 Å². The molecule has 1 N–H and O–H groups in total. The first kappa shape index (κ1) is 18.9. The number of carbonyl (C=O) groups excluding carboxylic acids is 1. The van der Waals surface area contributed by atoms with E-state index in [1.165, 1.54) is 21.5 Å². The number of aromatic nitrogens is 2. The molecule has 0 unspecified atom stereocenters. The molecule has 140 valence electrons. The maximum atomic E-state index is 12.8. The lowest BCUT2D eigenvalue weighted by Gasteiger charge is -2.31. The molecule has 0 radical (unpaired) electrons. The van der Waals surface area contributed by atoms with Crippen LogP contribution in [-0.2, 0) is 10.0 Å². The summed E-state index contributed by atoms with van der Waals surface area (Å²) in [5, 5.41) is 7.32. The minimum atomic E-state index is -3.57. The number of benzene rings is 1. The van der Waals surface area contributed by atoms with E-state index < -0.39 is 10.0 Å². The topological polar surface area (TPSA) is 86.4 Å². The molecule has 1 saturated heterocycles. The van der Waals surface area contributed by atoms with Crippen molar-refractivity contribution in [2.24, 2.45) is 0 Å². The Morgan fingerprint density at radius 1 is 1.31 bits per heavy atom. The zero-order valence-corrected chi connectivity index (χ0v) is 16.2. The van der Waals surface area contributed by atoms with Gasteiger partial charge < -0.3 is 4.90 Å². The Kier molecular flexibility index (Phi) is 5.36.